The standard InChI is InChI=1S/C18H21N3O5/c1-12(9-17(22)19-11-14-5-4-8-26-14)20-21-18(23)15-7-6-13(24-2)10-16(15)25-3/h4-8,10H,9,11H2,1-3H3,(H,19,22)(H,21,23). The van der Waals surface area contributed by atoms with E-state index in [4.69, 9.17) is 13.9 Å². The first-order chi connectivity index (χ1) is 12.5. The molecule has 0 atom stereocenters. The molecule has 0 aliphatic carbocycles. The molecule has 0 saturated heterocycles. The number of ether oxygens (including phenoxy) is 2. The van der Waals surface area contributed by atoms with Crippen LogP contribution in [0.25, 0.3) is 0 Å². The maximum absolute atomic E-state index is 12.2. The second-order valence-corrected chi connectivity index (χ2v) is 5.39. The van der Waals surface area contributed by atoms with Gasteiger partial charge in [-0.2, -0.15) is 5.10 Å². The molecular formula is C18H21N3O5. The number of nitrogens with one attached hydrogen (secondary N) is 2. The fourth-order valence-corrected chi connectivity index (χ4v) is 2.13. The summed E-state index contributed by atoms with van der Waals surface area (Å²) in [5.74, 6) is 0.934. The fourth-order valence-electron chi connectivity index (χ4n) is 2.13. The third kappa shape index (κ3) is 5.37. The molecule has 8 heteroatoms. The molecule has 0 bridgehead atoms. The van der Waals surface area contributed by atoms with Gasteiger partial charge in [-0.05, 0) is 31.2 Å². The summed E-state index contributed by atoms with van der Waals surface area (Å²) in [6.07, 6.45) is 1.60. The lowest BCUT2D eigenvalue weighted by molar-refractivity contribution is -0.120. The molecule has 26 heavy (non-hydrogen) atoms. The van der Waals surface area contributed by atoms with Crippen molar-refractivity contribution in [1.82, 2.24) is 10.7 Å². The molecule has 2 amide bonds. The lowest BCUT2D eigenvalue weighted by Gasteiger charge is -2.09. The quantitative estimate of drug-likeness (QED) is 0.555. The molecule has 8 nitrogen and oxygen atoms in total. The van der Waals surface area contributed by atoms with Crippen molar-refractivity contribution in [3.8, 4) is 11.5 Å². The van der Waals surface area contributed by atoms with Gasteiger partial charge in [0.1, 0.15) is 17.3 Å². The summed E-state index contributed by atoms with van der Waals surface area (Å²) in [6, 6.07) is 8.35. The molecule has 2 aromatic rings. The number of furan rings is 1. The Hall–Kier alpha value is -3.29. The summed E-state index contributed by atoms with van der Waals surface area (Å²) >= 11 is 0. The van der Waals surface area contributed by atoms with E-state index < -0.39 is 5.91 Å². The van der Waals surface area contributed by atoms with Crippen molar-refractivity contribution < 1.29 is 23.5 Å². The van der Waals surface area contributed by atoms with Gasteiger partial charge in [0.15, 0.2) is 0 Å². The summed E-state index contributed by atoms with van der Waals surface area (Å²) in [5.41, 5.74) is 3.19. The average Bonchev–Trinajstić information content (AvgIpc) is 3.17. The number of hydrogen-bond donors (Lipinski definition) is 2. The Kier molecular flexibility index (Phi) is 6.78. The molecule has 1 heterocycles. The topological polar surface area (TPSA) is 102 Å². The number of carbonyl (C=O) groups excluding carboxylic acids is 2. The van der Waals surface area contributed by atoms with Gasteiger partial charge >= 0.3 is 0 Å². The van der Waals surface area contributed by atoms with Gasteiger partial charge < -0.3 is 19.2 Å². The van der Waals surface area contributed by atoms with Gasteiger partial charge in [0, 0.05) is 11.8 Å². The summed E-state index contributed by atoms with van der Waals surface area (Å²) in [4.78, 5) is 24.1. The summed E-state index contributed by atoms with van der Waals surface area (Å²) in [6.45, 7) is 1.95. The monoisotopic (exact) mass is 359 g/mol. The Morgan fingerprint density at radius 1 is 1.19 bits per heavy atom. The molecular weight excluding hydrogens is 338 g/mol. The van der Waals surface area contributed by atoms with Crippen molar-refractivity contribution >= 4 is 17.5 Å². The zero-order valence-electron chi connectivity index (χ0n) is 14.9. The van der Waals surface area contributed by atoms with Gasteiger partial charge in [-0.1, -0.05) is 0 Å². The van der Waals surface area contributed by atoms with E-state index in [-0.39, 0.29) is 12.3 Å². The Bertz CT molecular complexity index is 784. The number of amides is 2. The van der Waals surface area contributed by atoms with Crippen LogP contribution in [0.4, 0.5) is 0 Å². The van der Waals surface area contributed by atoms with Gasteiger partial charge in [-0.3, -0.25) is 9.59 Å². The molecule has 1 aromatic carbocycles. The van der Waals surface area contributed by atoms with E-state index in [2.05, 4.69) is 15.8 Å². The minimum absolute atomic E-state index is 0.0563. The average molecular weight is 359 g/mol. The van der Waals surface area contributed by atoms with Crippen molar-refractivity contribution in [2.24, 2.45) is 5.10 Å². The van der Waals surface area contributed by atoms with Crippen LogP contribution in [0.5, 0.6) is 11.5 Å². The van der Waals surface area contributed by atoms with Crippen molar-refractivity contribution in [2.75, 3.05) is 14.2 Å². The van der Waals surface area contributed by atoms with Gasteiger partial charge in [0.05, 0.1) is 39.0 Å². The van der Waals surface area contributed by atoms with Crippen LogP contribution in [0.2, 0.25) is 0 Å². The Balaban J connectivity index is 1.89. The maximum Gasteiger partial charge on any atom is 0.275 e. The van der Waals surface area contributed by atoms with Crippen molar-refractivity contribution in [3.63, 3.8) is 0 Å². The molecule has 0 aliphatic rings. The van der Waals surface area contributed by atoms with Crippen LogP contribution in [0.1, 0.15) is 29.5 Å². The molecule has 2 N–H and O–H groups in total. The molecule has 138 valence electrons. The van der Waals surface area contributed by atoms with Gasteiger partial charge in [0.25, 0.3) is 5.91 Å². The fraction of sp³-hybridized carbons (Fsp3) is 0.278. The highest BCUT2D eigenvalue weighted by molar-refractivity contribution is 6.01. The lowest BCUT2D eigenvalue weighted by Crippen LogP contribution is -2.26. The number of rotatable bonds is 8. The molecule has 0 saturated carbocycles. The second-order valence-electron chi connectivity index (χ2n) is 5.39. The Morgan fingerprint density at radius 3 is 2.65 bits per heavy atom. The Labute approximate surface area is 151 Å². The molecule has 0 aliphatic heterocycles. The maximum atomic E-state index is 12.2. The van der Waals surface area contributed by atoms with E-state index in [1.807, 2.05) is 0 Å². The van der Waals surface area contributed by atoms with Gasteiger partial charge in [0.2, 0.25) is 5.91 Å². The largest absolute Gasteiger partial charge is 0.497 e. The highest BCUT2D eigenvalue weighted by Gasteiger charge is 2.13. The normalized spacial score (nSPS) is 11.0. The number of hydrazone groups is 1. The van der Waals surface area contributed by atoms with Crippen molar-refractivity contribution in [1.29, 1.82) is 0 Å². The molecule has 2 rings (SSSR count). The summed E-state index contributed by atoms with van der Waals surface area (Å²) in [5, 5.41) is 6.66. The van der Waals surface area contributed by atoms with Crippen LogP contribution in [0, 0.1) is 0 Å². The van der Waals surface area contributed by atoms with Crippen molar-refractivity contribution in [2.45, 2.75) is 19.9 Å². The van der Waals surface area contributed by atoms with Crippen LogP contribution in [-0.2, 0) is 11.3 Å². The number of nitrogens with zero attached hydrogens (tertiary/aromatic N) is 1. The number of methoxy groups -OCH3 is 2. The van der Waals surface area contributed by atoms with Crippen LogP contribution >= 0.6 is 0 Å². The lowest BCUT2D eigenvalue weighted by atomic mass is 10.2. The van der Waals surface area contributed by atoms with Gasteiger partial charge in [-0.25, -0.2) is 5.43 Å². The van der Waals surface area contributed by atoms with E-state index in [0.29, 0.717) is 35.1 Å². The minimum atomic E-state index is -0.445. The first-order valence-electron chi connectivity index (χ1n) is 7.88. The van der Waals surface area contributed by atoms with E-state index in [1.165, 1.54) is 20.5 Å². The minimum Gasteiger partial charge on any atom is -0.497 e. The predicted octanol–water partition coefficient (Wildman–Crippen LogP) is 2.11. The smallest absolute Gasteiger partial charge is 0.275 e. The van der Waals surface area contributed by atoms with E-state index in [9.17, 15) is 9.59 Å². The summed E-state index contributed by atoms with van der Waals surface area (Å²) in [7, 11) is 2.99. The number of hydrogen-bond acceptors (Lipinski definition) is 6. The SMILES string of the molecule is COc1ccc(C(=O)NN=C(C)CC(=O)NCc2ccco2)c(OC)c1. The molecule has 0 radical (unpaired) electrons. The third-order valence-electron chi connectivity index (χ3n) is 3.46. The van der Waals surface area contributed by atoms with Crippen LogP contribution < -0.4 is 20.2 Å². The molecule has 1 aromatic heterocycles. The van der Waals surface area contributed by atoms with Crippen LogP contribution in [-0.4, -0.2) is 31.7 Å². The first kappa shape index (κ1) is 19.0. The number of carbonyl (C=O) groups is 2. The van der Waals surface area contributed by atoms with E-state index in [0.717, 1.165) is 0 Å². The van der Waals surface area contributed by atoms with Gasteiger partial charge in [-0.15, -0.1) is 0 Å². The summed E-state index contributed by atoms with van der Waals surface area (Å²) < 4.78 is 15.4. The van der Waals surface area contributed by atoms with Crippen LogP contribution in [0.3, 0.4) is 0 Å². The highest BCUT2D eigenvalue weighted by Crippen LogP contribution is 2.24. The van der Waals surface area contributed by atoms with Crippen molar-refractivity contribution in [3.05, 3.63) is 47.9 Å². The molecule has 0 unspecified atom stereocenters. The highest BCUT2D eigenvalue weighted by atomic mass is 16.5. The molecule has 0 spiro atoms. The van der Waals surface area contributed by atoms with E-state index in [1.54, 1.807) is 37.3 Å². The zero-order valence-corrected chi connectivity index (χ0v) is 14.9. The molecule has 0 fully saturated rings. The van der Waals surface area contributed by atoms with E-state index >= 15 is 0 Å². The second kappa shape index (κ2) is 9.26. The van der Waals surface area contributed by atoms with Crippen LogP contribution in [0.15, 0.2) is 46.1 Å². The third-order valence-corrected chi connectivity index (χ3v) is 3.46. The predicted molar refractivity (Wildman–Crippen MR) is 95.3 cm³/mol. The Morgan fingerprint density at radius 2 is 2.00 bits per heavy atom. The number of benzene rings is 1. The zero-order chi connectivity index (χ0) is 18.9. The first-order valence-corrected chi connectivity index (χ1v) is 7.88.